The summed E-state index contributed by atoms with van der Waals surface area (Å²) in [6.07, 6.45) is -11.0. The lowest BCUT2D eigenvalue weighted by Crippen LogP contribution is -2.32. The predicted molar refractivity (Wildman–Crippen MR) is 98.8 cm³/mol. The van der Waals surface area contributed by atoms with Crippen LogP contribution in [-0.2, 0) is 13.2 Å². The molecule has 0 bridgehead atoms. The van der Waals surface area contributed by atoms with Crippen LogP contribution in [0.3, 0.4) is 0 Å². The summed E-state index contributed by atoms with van der Waals surface area (Å²) < 4.78 is 99.4. The highest BCUT2D eigenvalue weighted by atomic mass is 19.4. The summed E-state index contributed by atoms with van der Waals surface area (Å²) in [6.45, 7) is 1.82. The number of halogens is 7. The van der Waals surface area contributed by atoms with Gasteiger partial charge in [-0.25, -0.2) is 9.37 Å². The number of alkyl halides is 6. The van der Waals surface area contributed by atoms with E-state index in [1.54, 1.807) is 0 Å². The molecule has 0 unspecified atom stereocenters. The van der Waals surface area contributed by atoms with Gasteiger partial charge in [-0.05, 0) is 26.0 Å². The first kappa shape index (κ1) is 24.0. The summed E-state index contributed by atoms with van der Waals surface area (Å²) in [5, 5.41) is 10.9. The molecule has 0 spiro atoms. The largest absolute Gasteiger partial charge is 0.480 e. The van der Waals surface area contributed by atoms with Crippen molar-refractivity contribution in [2.45, 2.75) is 32.3 Å². The minimum atomic E-state index is -4.95. The molecule has 1 amide bonds. The number of rotatable bonds is 5. The number of anilines is 1. The summed E-state index contributed by atoms with van der Waals surface area (Å²) in [6, 6.07) is 1.30. The minimum Gasteiger partial charge on any atom is -0.480 e. The van der Waals surface area contributed by atoms with Crippen LogP contribution in [0.15, 0.2) is 18.5 Å². The molecule has 8 nitrogen and oxygen atoms in total. The first-order valence-electron chi connectivity index (χ1n) is 9.05. The van der Waals surface area contributed by atoms with Gasteiger partial charge in [-0.1, -0.05) is 0 Å². The molecule has 15 heteroatoms. The van der Waals surface area contributed by atoms with E-state index in [1.807, 2.05) is 5.32 Å². The molecular formula is C18H15F7N6O2. The Morgan fingerprint density at radius 2 is 1.88 bits per heavy atom. The average Bonchev–Trinajstić information content (AvgIpc) is 3.27. The number of nitrogens with one attached hydrogen (secondary N) is 2. The highest BCUT2D eigenvalue weighted by Gasteiger charge is 2.40. The third kappa shape index (κ3) is 5.06. The Bertz CT molecular complexity index is 1180. The number of aromatic amines is 1. The molecule has 0 saturated heterocycles. The fourth-order valence-corrected chi connectivity index (χ4v) is 2.69. The molecule has 0 aliphatic heterocycles. The Balaban J connectivity index is 2.07. The van der Waals surface area contributed by atoms with Crippen molar-refractivity contribution in [2.24, 2.45) is 7.05 Å². The van der Waals surface area contributed by atoms with Crippen molar-refractivity contribution in [1.82, 2.24) is 25.0 Å². The van der Waals surface area contributed by atoms with E-state index in [0.29, 0.717) is 13.0 Å². The second-order valence-corrected chi connectivity index (χ2v) is 6.90. The number of benzene rings is 1. The van der Waals surface area contributed by atoms with Crippen molar-refractivity contribution in [3.8, 4) is 17.1 Å². The Kier molecular flexibility index (Phi) is 6.08. The van der Waals surface area contributed by atoms with E-state index >= 15 is 0 Å². The lowest BCUT2D eigenvalue weighted by Gasteiger charge is -2.20. The molecule has 1 aromatic carbocycles. The number of nitrogens with zero attached hydrogens (tertiary/aromatic N) is 4. The van der Waals surface area contributed by atoms with Crippen LogP contribution < -0.4 is 10.1 Å². The highest BCUT2D eigenvalue weighted by Crippen LogP contribution is 2.36. The number of hydrogen-bond donors (Lipinski definition) is 2. The van der Waals surface area contributed by atoms with Crippen molar-refractivity contribution in [3.05, 3.63) is 41.2 Å². The number of aromatic nitrogens is 5. The maximum atomic E-state index is 14.7. The van der Waals surface area contributed by atoms with E-state index in [2.05, 4.69) is 20.3 Å². The maximum Gasteiger partial charge on any atom is 0.437 e. The number of ether oxygens (including phenoxy) is 1. The van der Waals surface area contributed by atoms with Gasteiger partial charge < -0.3 is 10.1 Å². The molecule has 1 atom stereocenters. The van der Waals surface area contributed by atoms with Gasteiger partial charge in [-0.3, -0.25) is 14.6 Å². The monoisotopic (exact) mass is 480 g/mol. The zero-order valence-electron chi connectivity index (χ0n) is 17.1. The second-order valence-electron chi connectivity index (χ2n) is 6.90. The summed E-state index contributed by atoms with van der Waals surface area (Å²) >= 11 is 0. The van der Waals surface area contributed by atoms with E-state index in [9.17, 15) is 35.5 Å². The van der Waals surface area contributed by atoms with E-state index in [4.69, 9.17) is 4.74 Å². The number of carbonyl (C=O) groups excluding carboxylic acids is 1. The van der Waals surface area contributed by atoms with Crippen molar-refractivity contribution in [3.63, 3.8) is 0 Å². The SMILES string of the molecule is Cc1[nH]nc(C(F)(F)F)c1NC(=O)c1cc(F)c(-c2ncn(C)n2)cc1O[C@@H](C)C(F)(F)F. The fraction of sp³-hybridized carbons (Fsp3) is 0.333. The molecule has 2 heterocycles. The number of aryl methyl sites for hydroxylation is 2. The summed E-state index contributed by atoms with van der Waals surface area (Å²) in [4.78, 5) is 16.5. The van der Waals surface area contributed by atoms with Gasteiger partial charge in [0.15, 0.2) is 17.6 Å². The first-order valence-corrected chi connectivity index (χ1v) is 9.05. The molecule has 3 rings (SSSR count). The standard InChI is InChI=1S/C18H15F7N6O2/c1-7-13(14(29-28-7)18(23,24)25)27-16(32)10-4-11(19)9(15-26-6-31(3)30-15)5-12(10)33-8(2)17(20,21)22/h4-6,8H,1-3H3,(H,27,32)(H,28,29)/t8-/m0/s1. The topological polar surface area (TPSA) is 97.7 Å². The lowest BCUT2D eigenvalue weighted by molar-refractivity contribution is -0.189. The quantitative estimate of drug-likeness (QED) is 0.532. The van der Waals surface area contributed by atoms with Crippen LogP contribution >= 0.6 is 0 Å². The van der Waals surface area contributed by atoms with Gasteiger partial charge in [-0.2, -0.15) is 36.5 Å². The van der Waals surface area contributed by atoms with Crippen LogP contribution in [0.4, 0.5) is 36.4 Å². The van der Waals surface area contributed by atoms with Crippen LogP contribution in [0.25, 0.3) is 11.4 Å². The molecule has 2 aromatic heterocycles. The molecule has 0 fully saturated rings. The van der Waals surface area contributed by atoms with Crippen LogP contribution in [0.5, 0.6) is 5.75 Å². The zero-order chi connectivity index (χ0) is 24.7. The van der Waals surface area contributed by atoms with Crippen LogP contribution in [0.1, 0.15) is 28.7 Å². The predicted octanol–water partition coefficient (Wildman–Crippen LogP) is 4.25. The Labute approximate surface area is 180 Å². The highest BCUT2D eigenvalue weighted by molar-refractivity contribution is 6.07. The molecule has 0 aliphatic rings. The minimum absolute atomic E-state index is 0.184. The van der Waals surface area contributed by atoms with Crippen molar-refractivity contribution >= 4 is 11.6 Å². The number of H-pyrrole nitrogens is 1. The zero-order valence-corrected chi connectivity index (χ0v) is 17.1. The van der Waals surface area contributed by atoms with Gasteiger partial charge in [0.1, 0.15) is 17.9 Å². The Morgan fingerprint density at radius 3 is 2.42 bits per heavy atom. The second kappa shape index (κ2) is 8.37. The third-order valence-corrected chi connectivity index (χ3v) is 4.37. The smallest absolute Gasteiger partial charge is 0.437 e. The third-order valence-electron chi connectivity index (χ3n) is 4.37. The van der Waals surface area contributed by atoms with Gasteiger partial charge >= 0.3 is 12.4 Å². The average molecular weight is 480 g/mol. The molecular weight excluding hydrogens is 465 g/mol. The van der Waals surface area contributed by atoms with Crippen molar-refractivity contribution in [2.75, 3.05) is 5.32 Å². The van der Waals surface area contributed by atoms with Crippen LogP contribution in [0.2, 0.25) is 0 Å². The first-order chi connectivity index (χ1) is 15.2. The van der Waals surface area contributed by atoms with E-state index in [0.717, 1.165) is 6.07 Å². The Morgan fingerprint density at radius 1 is 1.21 bits per heavy atom. The normalized spacial score (nSPS) is 13.2. The Hall–Kier alpha value is -3.65. The molecule has 0 radical (unpaired) electrons. The number of amides is 1. The van der Waals surface area contributed by atoms with Gasteiger partial charge in [0.25, 0.3) is 5.91 Å². The number of hydrogen-bond acceptors (Lipinski definition) is 5. The molecule has 3 aromatic rings. The molecule has 178 valence electrons. The molecule has 2 N–H and O–H groups in total. The van der Waals surface area contributed by atoms with Crippen LogP contribution in [-0.4, -0.2) is 43.1 Å². The van der Waals surface area contributed by atoms with E-state index in [-0.39, 0.29) is 17.1 Å². The maximum absolute atomic E-state index is 14.7. The van der Waals surface area contributed by atoms with Crippen molar-refractivity contribution < 1.29 is 40.3 Å². The number of carbonyl (C=O) groups is 1. The van der Waals surface area contributed by atoms with Crippen molar-refractivity contribution in [1.29, 1.82) is 0 Å². The van der Waals surface area contributed by atoms with Gasteiger partial charge in [0.2, 0.25) is 0 Å². The summed E-state index contributed by atoms with van der Waals surface area (Å²) in [5.41, 5.74) is -3.58. The molecule has 33 heavy (non-hydrogen) atoms. The molecule has 0 saturated carbocycles. The van der Waals surface area contributed by atoms with E-state index < -0.39 is 52.9 Å². The summed E-state index contributed by atoms with van der Waals surface area (Å²) in [5.74, 6) is -3.42. The van der Waals surface area contributed by atoms with Crippen LogP contribution in [0, 0.1) is 12.7 Å². The summed E-state index contributed by atoms with van der Waals surface area (Å²) in [7, 11) is 1.46. The molecule has 0 aliphatic carbocycles. The lowest BCUT2D eigenvalue weighted by atomic mass is 10.1. The van der Waals surface area contributed by atoms with E-state index in [1.165, 1.54) is 25.0 Å². The van der Waals surface area contributed by atoms with Gasteiger partial charge in [0, 0.05) is 7.05 Å². The van der Waals surface area contributed by atoms with Gasteiger partial charge in [-0.15, -0.1) is 0 Å². The van der Waals surface area contributed by atoms with Gasteiger partial charge in [0.05, 0.1) is 22.5 Å². The fourth-order valence-electron chi connectivity index (χ4n) is 2.69.